The molecule has 1 aromatic heterocycles. The van der Waals surface area contributed by atoms with Gasteiger partial charge in [-0.1, -0.05) is 48.9 Å². The predicted octanol–water partition coefficient (Wildman–Crippen LogP) is 5.01. The van der Waals surface area contributed by atoms with Crippen molar-refractivity contribution in [3.05, 3.63) is 69.3 Å². The molecule has 0 radical (unpaired) electrons. The number of amidine groups is 1. The Morgan fingerprint density at radius 2 is 2.03 bits per heavy atom. The highest BCUT2D eigenvalue weighted by Crippen LogP contribution is 2.45. The quantitative estimate of drug-likeness (QED) is 0.486. The molecule has 3 aliphatic heterocycles. The second-order valence-electron chi connectivity index (χ2n) is 7.76. The Morgan fingerprint density at radius 3 is 2.77 bits per heavy atom. The minimum atomic E-state index is -0.191. The number of ether oxygens (including phenoxy) is 1. The highest BCUT2D eigenvalue weighted by molar-refractivity contribution is 8.18. The van der Waals surface area contributed by atoms with E-state index in [2.05, 4.69) is 39.1 Å². The Bertz CT molecular complexity index is 1060. The van der Waals surface area contributed by atoms with Crippen molar-refractivity contribution in [2.24, 2.45) is 4.99 Å². The molecule has 0 atom stereocenters. The zero-order chi connectivity index (χ0) is 20.7. The number of aromatic nitrogens is 1. The minimum absolute atomic E-state index is 0.162. The van der Waals surface area contributed by atoms with Gasteiger partial charge < -0.3 is 9.64 Å². The van der Waals surface area contributed by atoms with E-state index in [1.807, 2.05) is 13.0 Å². The smallest absolute Gasteiger partial charge is 0.286 e. The van der Waals surface area contributed by atoms with E-state index in [4.69, 9.17) is 16.3 Å². The number of fused-ring (bicyclic) bond motifs is 2. The van der Waals surface area contributed by atoms with Crippen LogP contribution in [0, 0.1) is 0 Å². The van der Waals surface area contributed by atoms with Crippen LogP contribution in [0.2, 0.25) is 5.15 Å². The summed E-state index contributed by atoms with van der Waals surface area (Å²) in [6, 6.07) is 12.2. The third-order valence-electron chi connectivity index (χ3n) is 6.14. The van der Waals surface area contributed by atoms with Gasteiger partial charge in [-0.15, -0.1) is 0 Å². The van der Waals surface area contributed by atoms with Crippen LogP contribution in [-0.2, 0) is 21.7 Å². The second-order valence-corrected chi connectivity index (χ2v) is 9.12. The van der Waals surface area contributed by atoms with E-state index >= 15 is 0 Å². The third-order valence-corrected chi connectivity index (χ3v) is 7.52. The Hall–Kier alpha value is -2.15. The van der Waals surface area contributed by atoms with Gasteiger partial charge in [0.2, 0.25) is 0 Å². The summed E-state index contributed by atoms with van der Waals surface area (Å²) in [6.45, 7) is 4.38. The standard InChI is InChI=1S/C23H22ClN3O2S/c1-2-17(15-7-8-19(24)25-13-15)20-21(28)26-22(30-20)27-11-9-23(10-12-27)18-6-4-3-5-16(18)14-29-23/h3-8,13H,2,9-12,14H2,1H3/b20-17+. The Balaban J connectivity index is 1.33. The van der Waals surface area contributed by atoms with Crippen LogP contribution in [0.15, 0.2) is 52.5 Å². The first kappa shape index (κ1) is 19.8. The predicted molar refractivity (Wildman–Crippen MR) is 120 cm³/mol. The minimum Gasteiger partial charge on any atom is -0.365 e. The molecule has 154 valence electrons. The number of hydrogen-bond acceptors (Lipinski definition) is 5. The van der Waals surface area contributed by atoms with E-state index < -0.39 is 0 Å². The number of thioether (sulfide) groups is 1. The van der Waals surface area contributed by atoms with Crippen LogP contribution in [0.1, 0.15) is 42.9 Å². The fourth-order valence-electron chi connectivity index (χ4n) is 4.53. The van der Waals surface area contributed by atoms with Crippen molar-refractivity contribution in [1.29, 1.82) is 0 Å². The van der Waals surface area contributed by atoms with Crippen molar-refractivity contribution in [3.63, 3.8) is 0 Å². The van der Waals surface area contributed by atoms with Gasteiger partial charge in [0.25, 0.3) is 5.91 Å². The van der Waals surface area contributed by atoms with Crippen LogP contribution >= 0.6 is 23.4 Å². The lowest BCUT2D eigenvalue weighted by atomic mass is 9.84. The maximum Gasteiger partial charge on any atom is 0.286 e. The summed E-state index contributed by atoms with van der Waals surface area (Å²) in [5, 5.41) is 1.24. The maximum atomic E-state index is 12.7. The third kappa shape index (κ3) is 3.37. The van der Waals surface area contributed by atoms with Crippen LogP contribution in [-0.4, -0.2) is 34.0 Å². The van der Waals surface area contributed by atoms with Crippen LogP contribution in [0.4, 0.5) is 0 Å². The van der Waals surface area contributed by atoms with Crippen molar-refractivity contribution in [3.8, 4) is 0 Å². The molecule has 2 aromatic rings. The van der Waals surface area contributed by atoms with Gasteiger partial charge >= 0.3 is 0 Å². The van der Waals surface area contributed by atoms with Crippen molar-refractivity contribution in [2.75, 3.05) is 13.1 Å². The number of carbonyl (C=O) groups is 1. The summed E-state index contributed by atoms with van der Waals surface area (Å²) in [5.41, 5.74) is 4.31. The summed E-state index contributed by atoms with van der Waals surface area (Å²) in [5.74, 6) is -0.162. The van der Waals surface area contributed by atoms with E-state index in [0.29, 0.717) is 16.7 Å². The molecule has 7 heteroatoms. The first-order valence-electron chi connectivity index (χ1n) is 10.2. The number of aliphatic imine (C=N–C) groups is 1. The first-order chi connectivity index (χ1) is 14.6. The van der Waals surface area contributed by atoms with E-state index in [1.165, 1.54) is 22.9 Å². The van der Waals surface area contributed by atoms with Gasteiger partial charge in [-0.3, -0.25) is 4.79 Å². The van der Waals surface area contributed by atoms with Gasteiger partial charge in [-0.25, -0.2) is 4.98 Å². The zero-order valence-electron chi connectivity index (χ0n) is 16.7. The lowest BCUT2D eigenvalue weighted by Gasteiger charge is -2.39. The van der Waals surface area contributed by atoms with Gasteiger partial charge in [-0.05, 0) is 59.4 Å². The van der Waals surface area contributed by atoms with Gasteiger partial charge in [-0.2, -0.15) is 4.99 Å². The second kappa shape index (κ2) is 7.84. The fraction of sp³-hybridized carbons (Fsp3) is 0.348. The molecule has 0 aliphatic carbocycles. The molecule has 0 N–H and O–H groups in total. The molecular weight excluding hydrogens is 418 g/mol. The fourth-order valence-corrected chi connectivity index (χ4v) is 5.78. The molecule has 1 amide bonds. The van der Waals surface area contributed by atoms with E-state index in [1.54, 1.807) is 12.3 Å². The Kier molecular flexibility index (Phi) is 5.17. The van der Waals surface area contributed by atoms with Crippen LogP contribution in [0.25, 0.3) is 5.57 Å². The molecule has 5 rings (SSSR count). The number of pyridine rings is 1. The molecule has 0 bridgehead atoms. The number of hydrogen-bond donors (Lipinski definition) is 0. The summed E-state index contributed by atoms with van der Waals surface area (Å²) < 4.78 is 6.26. The van der Waals surface area contributed by atoms with E-state index in [-0.39, 0.29) is 11.5 Å². The normalized spacial score (nSPS) is 21.7. The molecule has 1 fully saturated rings. The topological polar surface area (TPSA) is 54.8 Å². The molecule has 0 unspecified atom stereocenters. The van der Waals surface area contributed by atoms with Gasteiger partial charge in [0, 0.05) is 19.3 Å². The average molecular weight is 440 g/mol. The van der Waals surface area contributed by atoms with Gasteiger partial charge in [0.15, 0.2) is 5.17 Å². The van der Waals surface area contributed by atoms with Crippen LogP contribution in [0.5, 0.6) is 0 Å². The largest absolute Gasteiger partial charge is 0.365 e. The SMILES string of the molecule is CC/C(=C1\SC(N2CCC3(CC2)OCc2ccccc23)=NC1=O)c1ccc(Cl)nc1. The number of likely N-dealkylation sites (tertiary alicyclic amines) is 1. The molecule has 5 nitrogen and oxygen atoms in total. The lowest BCUT2D eigenvalue weighted by Crippen LogP contribution is -2.44. The number of nitrogens with zero attached hydrogens (tertiary/aromatic N) is 3. The lowest BCUT2D eigenvalue weighted by molar-refractivity contribution is -0.113. The average Bonchev–Trinajstić information content (AvgIpc) is 3.32. The highest BCUT2D eigenvalue weighted by atomic mass is 35.5. The summed E-state index contributed by atoms with van der Waals surface area (Å²) in [4.78, 5) is 24.2. The van der Waals surface area contributed by atoms with E-state index in [9.17, 15) is 4.79 Å². The molecule has 3 aliphatic rings. The monoisotopic (exact) mass is 439 g/mol. The molecule has 30 heavy (non-hydrogen) atoms. The number of halogens is 1. The van der Waals surface area contributed by atoms with Crippen molar-refractivity contribution >= 4 is 40.0 Å². The van der Waals surface area contributed by atoms with Gasteiger partial charge in [0.1, 0.15) is 5.15 Å². The van der Waals surface area contributed by atoms with Crippen molar-refractivity contribution in [2.45, 2.75) is 38.4 Å². The molecular formula is C23H22ClN3O2S. The number of rotatable bonds is 2. The zero-order valence-corrected chi connectivity index (χ0v) is 18.3. The summed E-state index contributed by atoms with van der Waals surface area (Å²) >= 11 is 7.39. The molecule has 0 saturated carbocycles. The number of piperidine rings is 1. The van der Waals surface area contributed by atoms with E-state index in [0.717, 1.165) is 48.7 Å². The molecule has 4 heterocycles. The summed E-state index contributed by atoms with van der Waals surface area (Å²) in [6.07, 6.45) is 4.25. The van der Waals surface area contributed by atoms with Crippen LogP contribution in [0.3, 0.4) is 0 Å². The maximum absolute atomic E-state index is 12.7. The number of carbonyl (C=O) groups excluding carboxylic acids is 1. The number of allylic oxidation sites excluding steroid dienone is 1. The number of benzene rings is 1. The highest BCUT2D eigenvalue weighted by Gasteiger charge is 2.43. The molecule has 1 aromatic carbocycles. The van der Waals surface area contributed by atoms with Crippen LogP contribution < -0.4 is 0 Å². The van der Waals surface area contributed by atoms with Crippen molar-refractivity contribution in [1.82, 2.24) is 9.88 Å². The Morgan fingerprint density at radius 1 is 1.23 bits per heavy atom. The Labute approximate surface area is 185 Å². The molecule has 1 spiro atoms. The summed E-state index contributed by atoms with van der Waals surface area (Å²) in [7, 11) is 0. The first-order valence-corrected chi connectivity index (χ1v) is 11.4. The number of amides is 1. The van der Waals surface area contributed by atoms with Crippen molar-refractivity contribution < 1.29 is 9.53 Å². The molecule has 1 saturated heterocycles. The van der Waals surface area contributed by atoms with Gasteiger partial charge in [0.05, 0.1) is 17.1 Å².